The lowest BCUT2D eigenvalue weighted by atomic mass is 10.0. The highest BCUT2D eigenvalue weighted by Crippen LogP contribution is 2.22. The molecule has 1 fully saturated rings. The van der Waals surface area contributed by atoms with E-state index in [1.807, 2.05) is 38.1 Å². The number of ether oxygens (including phenoxy) is 2. The van der Waals surface area contributed by atoms with Gasteiger partial charge in [0, 0.05) is 19.6 Å². The fourth-order valence-electron chi connectivity index (χ4n) is 3.78. The number of nitrogens with zero attached hydrogens (tertiary/aromatic N) is 1. The molecule has 0 saturated carbocycles. The molecule has 178 valence electrons. The van der Waals surface area contributed by atoms with Gasteiger partial charge in [-0.15, -0.1) is 0 Å². The smallest absolute Gasteiger partial charge is 0.258 e. The Labute approximate surface area is 194 Å². The highest BCUT2D eigenvalue weighted by atomic mass is 19.1. The van der Waals surface area contributed by atoms with Crippen LogP contribution in [-0.4, -0.2) is 62.2 Å². The van der Waals surface area contributed by atoms with E-state index in [0.29, 0.717) is 38.6 Å². The summed E-state index contributed by atoms with van der Waals surface area (Å²) >= 11 is 0. The van der Waals surface area contributed by atoms with Gasteiger partial charge in [0.25, 0.3) is 5.91 Å². The molecule has 1 aliphatic rings. The summed E-state index contributed by atoms with van der Waals surface area (Å²) in [6.45, 7) is 6.42. The highest BCUT2D eigenvalue weighted by molar-refractivity contribution is 5.88. The highest BCUT2D eigenvalue weighted by Gasteiger charge is 2.28. The number of halogens is 1. The van der Waals surface area contributed by atoms with Crippen LogP contribution in [0.2, 0.25) is 0 Å². The number of nitrogens with one attached hydrogen (secondary N) is 2. The first kappa shape index (κ1) is 24.7. The molecule has 2 N–H and O–H groups in total. The summed E-state index contributed by atoms with van der Waals surface area (Å²) in [5.41, 5.74) is 0.790. The lowest BCUT2D eigenvalue weighted by molar-refractivity contribution is -0.131. The largest absolute Gasteiger partial charge is 0.484 e. The van der Waals surface area contributed by atoms with Gasteiger partial charge in [-0.1, -0.05) is 44.2 Å². The van der Waals surface area contributed by atoms with Gasteiger partial charge in [-0.3, -0.25) is 14.5 Å². The van der Waals surface area contributed by atoms with E-state index in [0.717, 1.165) is 5.56 Å². The summed E-state index contributed by atoms with van der Waals surface area (Å²) < 4.78 is 24.8. The molecule has 2 amide bonds. The number of hydrogen-bond acceptors (Lipinski definition) is 5. The van der Waals surface area contributed by atoms with Crippen LogP contribution in [0.25, 0.3) is 0 Å². The maximum Gasteiger partial charge on any atom is 0.258 e. The third-order valence-electron chi connectivity index (χ3n) is 5.57. The molecule has 3 rings (SSSR count). The van der Waals surface area contributed by atoms with Crippen molar-refractivity contribution in [3.63, 3.8) is 0 Å². The number of hydrogen-bond donors (Lipinski definition) is 2. The minimum atomic E-state index is -0.713. The van der Waals surface area contributed by atoms with Gasteiger partial charge in [0.2, 0.25) is 5.91 Å². The molecule has 0 aromatic heterocycles. The van der Waals surface area contributed by atoms with Gasteiger partial charge in [-0.05, 0) is 35.7 Å². The minimum Gasteiger partial charge on any atom is -0.484 e. The van der Waals surface area contributed by atoms with Crippen molar-refractivity contribution in [2.24, 2.45) is 5.92 Å². The molecule has 1 aliphatic heterocycles. The third kappa shape index (κ3) is 7.54. The first-order valence-corrected chi connectivity index (χ1v) is 11.3. The Hall–Kier alpha value is -2.97. The predicted molar refractivity (Wildman–Crippen MR) is 123 cm³/mol. The average Bonchev–Trinajstić information content (AvgIpc) is 2.82. The van der Waals surface area contributed by atoms with Gasteiger partial charge in [-0.2, -0.15) is 0 Å². The third-order valence-corrected chi connectivity index (χ3v) is 5.57. The van der Waals surface area contributed by atoms with Gasteiger partial charge < -0.3 is 20.1 Å². The van der Waals surface area contributed by atoms with E-state index in [9.17, 15) is 14.0 Å². The van der Waals surface area contributed by atoms with Crippen LogP contribution in [0.3, 0.4) is 0 Å². The summed E-state index contributed by atoms with van der Waals surface area (Å²) in [6.07, 6.45) is 0. The van der Waals surface area contributed by atoms with Gasteiger partial charge in [0.1, 0.15) is 17.6 Å². The molecule has 1 heterocycles. The molecule has 0 aliphatic carbocycles. The molecule has 8 heteroatoms. The Morgan fingerprint density at radius 1 is 1.09 bits per heavy atom. The zero-order valence-corrected chi connectivity index (χ0v) is 19.1. The van der Waals surface area contributed by atoms with Crippen molar-refractivity contribution in [1.82, 2.24) is 15.5 Å². The normalized spacial score (nSPS) is 16.1. The Balaban J connectivity index is 1.60. The zero-order valence-electron chi connectivity index (χ0n) is 19.1. The van der Waals surface area contributed by atoms with E-state index in [-0.39, 0.29) is 36.2 Å². The molecular formula is C25H32FN3O4. The molecule has 7 nitrogen and oxygen atoms in total. The van der Waals surface area contributed by atoms with Gasteiger partial charge in [-0.25, -0.2) is 4.39 Å². The van der Waals surface area contributed by atoms with Crippen LogP contribution in [0.15, 0.2) is 54.6 Å². The number of amides is 2. The summed E-state index contributed by atoms with van der Waals surface area (Å²) in [5, 5.41) is 5.73. The van der Waals surface area contributed by atoms with E-state index >= 15 is 0 Å². The Morgan fingerprint density at radius 2 is 1.82 bits per heavy atom. The second-order valence-corrected chi connectivity index (χ2v) is 8.36. The summed E-state index contributed by atoms with van der Waals surface area (Å²) in [5.74, 6) is -0.513. The quantitative estimate of drug-likeness (QED) is 0.573. The second-order valence-electron chi connectivity index (χ2n) is 8.36. The van der Waals surface area contributed by atoms with E-state index in [2.05, 4.69) is 15.5 Å². The topological polar surface area (TPSA) is 79.9 Å². The molecule has 2 unspecified atom stereocenters. The molecule has 1 saturated heterocycles. The standard InChI is InChI=1S/C25H32FN3O4/c1-18(2)24(28-23(30)17-33-21-9-4-3-5-10-21)25(31)27-16-22(29-11-13-32-14-12-29)19-7-6-8-20(26)15-19/h3-10,15,18,22,24H,11-14,16-17H2,1-2H3,(H,27,31)(H,28,30). The minimum absolute atomic E-state index is 0.123. The summed E-state index contributed by atoms with van der Waals surface area (Å²) in [6, 6.07) is 14.5. The van der Waals surface area contributed by atoms with Crippen molar-refractivity contribution in [3.8, 4) is 5.75 Å². The fourth-order valence-corrected chi connectivity index (χ4v) is 3.78. The number of morpholine rings is 1. The van der Waals surface area contributed by atoms with Crippen LogP contribution in [0.5, 0.6) is 5.75 Å². The van der Waals surface area contributed by atoms with Crippen LogP contribution >= 0.6 is 0 Å². The van der Waals surface area contributed by atoms with E-state index < -0.39 is 6.04 Å². The van der Waals surface area contributed by atoms with Gasteiger partial charge in [0.15, 0.2) is 6.61 Å². The Bertz CT molecular complexity index is 904. The van der Waals surface area contributed by atoms with Crippen LogP contribution in [-0.2, 0) is 14.3 Å². The molecule has 33 heavy (non-hydrogen) atoms. The Morgan fingerprint density at radius 3 is 2.48 bits per heavy atom. The number of rotatable bonds is 10. The van der Waals surface area contributed by atoms with E-state index in [1.165, 1.54) is 12.1 Å². The average molecular weight is 458 g/mol. The number of para-hydroxylation sites is 1. The molecule has 0 spiro atoms. The number of benzene rings is 2. The van der Waals surface area contributed by atoms with Crippen LogP contribution < -0.4 is 15.4 Å². The van der Waals surface area contributed by atoms with Crippen molar-refractivity contribution in [3.05, 3.63) is 66.0 Å². The molecule has 2 aromatic rings. The van der Waals surface area contributed by atoms with Crippen molar-refractivity contribution in [2.45, 2.75) is 25.9 Å². The summed E-state index contributed by atoms with van der Waals surface area (Å²) in [7, 11) is 0. The summed E-state index contributed by atoms with van der Waals surface area (Å²) in [4.78, 5) is 27.6. The van der Waals surface area contributed by atoms with Crippen molar-refractivity contribution >= 4 is 11.8 Å². The van der Waals surface area contributed by atoms with Crippen molar-refractivity contribution in [2.75, 3.05) is 39.5 Å². The van der Waals surface area contributed by atoms with Crippen LogP contribution in [0.4, 0.5) is 4.39 Å². The number of carbonyl (C=O) groups excluding carboxylic acids is 2. The maximum absolute atomic E-state index is 13.9. The van der Waals surface area contributed by atoms with E-state index in [1.54, 1.807) is 18.2 Å². The molecule has 0 radical (unpaired) electrons. The van der Waals surface area contributed by atoms with Crippen molar-refractivity contribution in [1.29, 1.82) is 0 Å². The lowest BCUT2D eigenvalue weighted by Gasteiger charge is -2.35. The number of carbonyl (C=O) groups is 2. The van der Waals surface area contributed by atoms with E-state index in [4.69, 9.17) is 9.47 Å². The maximum atomic E-state index is 13.9. The van der Waals surface area contributed by atoms with Gasteiger partial charge in [0.05, 0.1) is 19.3 Å². The second kappa shape index (κ2) is 12.3. The SMILES string of the molecule is CC(C)C(NC(=O)COc1ccccc1)C(=O)NCC(c1cccc(F)c1)N1CCOCC1. The fraction of sp³-hybridized carbons (Fsp3) is 0.440. The molecule has 0 bridgehead atoms. The molecular weight excluding hydrogens is 425 g/mol. The monoisotopic (exact) mass is 457 g/mol. The van der Waals surface area contributed by atoms with Gasteiger partial charge >= 0.3 is 0 Å². The predicted octanol–water partition coefficient (Wildman–Crippen LogP) is 2.54. The first-order valence-electron chi connectivity index (χ1n) is 11.3. The Kier molecular flexibility index (Phi) is 9.21. The zero-order chi connectivity index (χ0) is 23.6. The van der Waals surface area contributed by atoms with Crippen LogP contribution in [0.1, 0.15) is 25.5 Å². The molecule has 2 aromatic carbocycles. The van der Waals surface area contributed by atoms with Crippen LogP contribution in [0, 0.1) is 11.7 Å². The van der Waals surface area contributed by atoms with Crippen molar-refractivity contribution < 1.29 is 23.5 Å². The first-order chi connectivity index (χ1) is 15.9. The lowest BCUT2D eigenvalue weighted by Crippen LogP contribution is -2.52. The molecule has 2 atom stereocenters.